The second-order valence-corrected chi connectivity index (χ2v) is 6.78. The van der Waals surface area contributed by atoms with Crippen molar-refractivity contribution in [1.82, 2.24) is 0 Å². The first kappa shape index (κ1) is 16.9. The molecule has 0 amide bonds. The fourth-order valence-electron chi connectivity index (χ4n) is 2.11. The molecule has 0 bridgehead atoms. The Labute approximate surface area is 113 Å². The van der Waals surface area contributed by atoms with E-state index in [1.165, 1.54) is 38.5 Å². The minimum absolute atomic E-state index is 0.649. The topological polar surface area (TPSA) is 0 Å². The molecule has 0 spiro atoms. The van der Waals surface area contributed by atoms with Crippen LogP contribution in [0.4, 0.5) is 0 Å². The molecule has 0 aliphatic rings. The Morgan fingerprint density at radius 2 is 1.47 bits per heavy atom. The van der Waals surface area contributed by atoms with Crippen molar-refractivity contribution in [3.8, 4) is 5.92 Å². The average molecular weight is 253 g/mol. The molecule has 0 saturated carbocycles. The molecule has 99 valence electrons. The molecule has 0 aromatic heterocycles. The van der Waals surface area contributed by atoms with Crippen LogP contribution >= 0.6 is 11.8 Å². The van der Waals surface area contributed by atoms with Crippen molar-refractivity contribution < 1.29 is 0 Å². The van der Waals surface area contributed by atoms with E-state index in [4.69, 9.17) is 6.42 Å². The van der Waals surface area contributed by atoms with E-state index in [1.807, 2.05) is 11.8 Å². The first-order chi connectivity index (χ1) is 8.10. The minimum atomic E-state index is 0.649. The molecule has 1 radical (unpaired) electrons. The molecule has 0 nitrogen and oxygen atoms in total. The number of hydrogen-bond acceptors (Lipinski definition) is 1. The van der Waals surface area contributed by atoms with Crippen LogP contribution in [0.3, 0.4) is 0 Å². The molecule has 0 heterocycles. The maximum Gasteiger partial charge on any atom is 0.0125 e. The Balaban J connectivity index is 3.41. The van der Waals surface area contributed by atoms with Gasteiger partial charge in [-0.05, 0) is 37.4 Å². The maximum absolute atomic E-state index is 6.95. The second-order valence-electron chi connectivity index (χ2n) is 5.50. The van der Waals surface area contributed by atoms with Crippen molar-refractivity contribution >= 4 is 11.8 Å². The highest BCUT2D eigenvalue weighted by Crippen LogP contribution is 2.21. The lowest BCUT2D eigenvalue weighted by Gasteiger charge is -2.14. The summed E-state index contributed by atoms with van der Waals surface area (Å²) in [6.07, 6.45) is 18.1. The normalized spacial score (nSPS) is 16.2. The monoisotopic (exact) mass is 253 g/mol. The Morgan fingerprint density at radius 1 is 0.941 bits per heavy atom. The molecule has 0 aliphatic carbocycles. The fourth-order valence-corrected chi connectivity index (χ4v) is 2.51. The predicted octanol–water partition coefficient (Wildman–Crippen LogP) is 5.33. The summed E-state index contributed by atoms with van der Waals surface area (Å²) in [5, 5.41) is 0.824. The van der Waals surface area contributed by atoms with Gasteiger partial charge in [0.2, 0.25) is 0 Å². The van der Waals surface area contributed by atoms with Crippen LogP contribution in [0.5, 0.6) is 0 Å². The molecular weight excluding hydrogens is 224 g/mol. The van der Waals surface area contributed by atoms with Gasteiger partial charge in [-0.3, -0.25) is 0 Å². The van der Waals surface area contributed by atoms with Crippen LogP contribution in [0.15, 0.2) is 0 Å². The minimum Gasteiger partial charge on any atom is -0.162 e. The Kier molecular flexibility index (Phi) is 11.0. The lowest BCUT2D eigenvalue weighted by atomic mass is 9.94. The van der Waals surface area contributed by atoms with Gasteiger partial charge in [0, 0.05) is 11.7 Å². The van der Waals surface area contributed by atoms with Gasteiger partial charge in [-0.15, -0.1) is 0 Å². The molecule has 0 aliphatic heterocycles. The maximum atomic E-state index is 6.95. The van der Waals surface area contributed by atoms with Crippen molar-refractivity contribution in [2.24, 2.45) is 11.8 Å². The summed E-state index contributed by atoms with van der Waals surface area (Å²) < 4.78 is 0. The highest BCUT2D eigenvalue weighted by molar-refractivity contribution is 7.99. The fraction of sp³-hybridized carbons (Fsp3) is 0.875. The van der Waals surface area contributed by atoms with E-state index in [9.17, 15) is 0 Å². The molecule has 0 N–H and O–H groups in total. The van der Waals surface area contributed by atoms with E-state index in [0.29, 0.717) is 5.92 Å². The quantitative estimate of drug-likeness (QED) is 0.474. The molecule has 0 aromatic carbocycles. The zero-order chi connectivity index (χ0) is 13.1. The van der Waals surface area contributed by atoms with Gasteiger partial charge in [-0.2, -0.15) is 11.8 Å². The third-order valence-electron chi connectivity index (χ3n) is 3.55. The van der Waals surface area contributed by atoms with Crippen LogP contribution in [-0.4, -0.2) is 11.5 Å². The van der Waals surface area contributed by atoms with E-state index in [2.05, 4.69) is 32.9 Å². The van der Waals surface area contributed by atoms with Crippen molar-refractivity contribution in [2.45, 2.75) is 71.0 Å². The summed E-state index contributed by atoms with van der Waals surface area (Å²) in [6, 6.07) is 0. The van der Waals surface area contributed by atoms with Gasteiger partial charge >= 0.3 is 0 Å². The molecule has 0 saturated heterocycles. The van der Waals surface area contributed by atoms with E-state index in [1.54, 1.807) is 0 Å². The van der Waals surface area contributed by atoms with E-state index in [0.717, 1.165) is 17.6 Å². The van der Waals surface area contributed by atoms with E-state index in [-0.39, 0.29) is 0 Å². The van der Waals surface area contributed by atoms with Crippen LogP contribution in [0, 0.1) is 24.2 Å². The molecule has 3 atom stereocenters. The first-order valence-corrected chi connectivity index (χ1v) is 8.31. The molecule has 17 heavy (non-hydrogen) atoms. The summed E-state index contributed by atoms with van der Waals surface area (Å²) in [5.74, 6) is 4.03. The molecule has 0 aromatic rings. The molecular formula is C16H29S. The van der Waals surface area contributed by atoms with Gasteiger partial charge in [0.1, 0.15) is 0 Å². The number of rotatable bonds is 10. The summed E-state index contributed by atoms with van der Waals surface area (Å²) in [5.41, 5.74) is 0. The first-order valence-electron chi connectivity index (χ1n) is 7.02. The summed E-state index contributed by atoms with van der Waals surface area (Å²) >= 11 is 1.98. The van der Waals surface area contributed by atoms with Crippen LogP contribution in [0.25, 0.3) is 0 Å². The zero-order valence-corrected chi connectivity index (χ0v) is 12.9. The van der Waals surface area contributed by atoms with Gasteiger partial charge in [0.05, 0.1) is 0 Å². The largest absolute Gasteiger partial charge is 0.162 e. The Bertz CT molecular complexity index is 204. The van der Waals surface area contributed by atoms with Gasteiger partial charge in [-0.25, -0.2) is 0 Å². The Hall–Kier alpha value is -0.0900. The van der Waals surface area contributed by atoms with Crippen molar-refractivity contribution in [3.05, 3.63) is 6.42 Å². The highest BCUT2D eigenvalue weighted by Gasteiger charge is 2.06. The highest BCUT2D eigenvalue weighted by atomic mass is 32.2. The standard InChI is InChI=1S/C16H29S/c1-6-9-14(2)10-7-11-15(3)12-8-13-16(4)17-5/h14-16H,7-13H2,2-5H3. The predicted molar refractivity (Wildman–Crippen MR) is 80.8 cm³/mol. The smallest absolute Gasteiger partial charge is 0.0125 e. The van der Waals surface area contributed by atoms with E-state index < -0.39 is 0 Å². The van der Waals surface area contributed by atoms with Crippen LogP contribution in [0.1, 0.15) is 65.7 Å². The third kappa shape index (κ3) is 10.8. The van der Waals surface area contributed by atoms with Crippen molar-refractivity contribution in [1.29, 1.82) is 0 Å². The number of hydrogen-bond donors (Lipinski definition) is 0. The summed E-state index contributed by atoms with van der Waals surface area (Å²) in [4.78, 5) is 0. The average Bonchev–Trinajstić information content (AvgIpc) is 2.29. The van der Waals surface area contributed by atoms with Gasteiger partial charge in [-0.1, -0.05) is 52.4 Å². The van der Waals surface area contributed by atoms with Crippen LogP contribution < -0.4 is 0 Å². The van der Waals surface area contributed by atoms with Crippen molar-refractivity contribution in [3.63, 3.8) is 0 Å². The third-order valence-corrected chi connectivity index (χ3v) is 4.59. The Morgan fingerprint density at radius 3 is 2.00 bits per heavy atom. The SMILES string of the molecule is [C]#CCC(C)CCCC(C)CCCC(C)SC. The van der Waals surface area contributed by atoms with Crippen LogP contribution in [0.2, 0.25) is 0 Å². The summed E-state index contributed by atoms with van der Waals surface area (Å²) in [6.45, 7) is 6.94. The lowest BCUT2D eigenvalue weighted by Crippen LogP contribution is -2.01. The van der Waals surface area contributed by atoms with Gasteiger partial charge < -0.3 is 0 Å². The number of thioether (sulfide) groups is 1. The molecule has 0 rings (SSSR count). The molecule has 0 fully saturated rings. The van der Waals surface area contributed by atoms with Gasteiger partial charge in [0.15, 0.2) is 0 Å². The van der Waals surface area contributed by atoms with Crippen molar-refractivity contribution in [2.75, 3.05) is 6.26 Å². The molecule has 1 heteroatoms. The molecule has 3 unspecified atom stereocenters. The van der Waals surface area contributed by atoms with E-state index >= 15 is 0 Å². The summed E-state index contributed by atoms with van der Waals surface area (Å²) in [7, 11) is 0. The second kappa shape index (κ2) is 11.0. The zero-order valence-electron chi connectivity index (χ0n) is 12.1. The van der Waals surface area contributed by atoms with Crippen LogP contribution in [-0.2, 0) is 0 Å². The lowest BCUT2D eigenvalue weighted by molar-refractivity contribution is 0.415. The van der Waals surface area contributed by atoms with Gasteiger partial charge in [0.25, 0.3) is 0 Å².